The molecule has 1 aromatic carbocycles. The summed E-state index contributed by atoms with van der Waals surface area (Å²) in [6.07, 6.45) is -0.636. The smallest absolute Gasteiger partial charge is 0.410 e. The summed E-state index contributed by atoms with van der Waals surface area (Å²) in [5, 5.41) is 9.35. The molecule has 5 nitrogen and oxygen atoms in total. The maximum Gasteiger partial charge on any atom is 0.410 e. The third kappa shape index (κ3) is 4.18. The van der Waals surface area contributed by atoms with Gasteiger partial charge in [0.15, 0.2) is 0 Å². The van der Waals surface area contributed by atoms with Gasteiger partial charge in [0.1, 0.15) is 17.2 Å². The molecule has 0 spiro atoms. The quantitative estimate of drug-likeness (QED) is 0.907. The lowest BCUT2D eigenvalue weighted by molar-refractivity contribution is -0.141. The van der Waals surface area contributed by atoms with Crippen molar-refractivity contribution in [2.24, 2.45) is 5.92 Å². The molecule has 7 heteroatoms. The first-order chi connectivity index (χ1) is 10.6. The van der Waals surface area contributed by atoms with Crippen LogP contribution in [0.2, 0.25) is 0 Å². The van der Waals surface area contributed by atoms with E-state index in [0.29, 0.717) is 0 Å². The number of nitrogens with zero attached hydrogens (tertiary/aromatic N) is 1. The highest BCUT2D eigenvalue weighted by atomic mass is 19.1. The standard InChI is InChI=1S/C16H19F2NO4/c1-16(2,3)23-15(22)19-7-12(13(8-19)14(20)21)9-4-10(17)6-11(18)5-9/h4-6,12-13H,7-8H2,1-3H3,(H,20,21). The second-order valence-electron chi connectivity index (χ2n) is 6.64. The number of ether oxygens (including phenoxy) is 1. The zero-order valence-electron chi connectivity index (χ0n) is 13.2. The van der Waals surface area contributed by atoms with Crippen molar-refractivity contribution in [1.82, 2.24) is 4.90 Å². The van der Waals surface area contributed by atoms with E-state index in [1.165, 1.54) is 4.90 Å². The summed E-state index contributed by atoms with van der Waals surface area (Å²) in [6.45, 7) is 5.08. The number of hydrogen-bond acceptors (Lipinski definition) is 3. The second-order valence-corrected chi connectivity index (χ2v) is 6.64. The highest BCUT2D eigenvalue weighted by Crippen LogP contribution is 2.34. The van der Waals surface area contributed by atoms with Crippen LogP contribution in [0.1, 0.15) is 32.3 Å². The molecule has 1 amide bonds. The van der Waals surface area contributed by atoms with Gasteiger partial charge in [-0.3, -0.25) is 4.79 Å². The SMILES string of the molecule is CC(C)(C)OC(=O)N1CC(C(=O)O)C(c2cc(F)cc(F)c2)C1. The number of aliphatic carboxylic acids is 1. The fourth-order valence-electron chi connectivity index (χ4n) is 2.66. The first kappa shape index (κ1) is 17.2. The molecule has 1 aliphatic rings. The molecule has 0 aromatic heterocycles. The molecule has 1 N–H and O–H groups in total. The lowest BCUT2D eigenvalue weighted by Crippen LogP contribution is -2.35. The van der Waals surface area contributed by atoms with Crippen molar-refractivity contribution in [2.75, 3.05) is 13.1 Å². The van der Waals surface area contributed by atoms with Crippen LogP contribution >= 0.6 is 0 Å². The van der Waals surface area contributed by atoms with Gasteiger partial charge in [0.25, 0.3) is 0 Å². The minimum absolute atomic E-state index is 0.0365. The predicted octanol–water partition coefficient (Wildman–Crippen LogP) is 3.00. The van der Waals surface area contributed by atoms with Crippen LogP contribution in [-0.4, -0.2) is 40.8 Å². The summed E-state index contributed by atoms with van der Waals surface area (Å²) in [5.41, 5.74) is -0.486. The van der Waals surface area contributed by atoms with Gasteiger partial charge in [-0.25, -0.2) is 13.6 Å². The maximum atomic E-state index is 13.4. The zero-order chi connectivity index (χ0) is 17.4. The molecular formula is C16H19F2NO4. The Morgan fingerprint density at radius 3 is 2.22 bits per heavy atom. The van der Waals surface area contributed by atoms with Crippen molar-refractivity contribution in [3.05, 3.63) is 35.4 Å². The number of benzene rings is 1. The van der Waals surface area contributed by atoms with Crippen LogP contribution in [0.25, 0.3) is 0 Å². The number of hydrogen-bond donors (Lipinski definition) is 1. The molecule has 0 radical (unpaired) electrons. The predicted molar refractivity (Wildman–Crippen MR) is 78.0 cm³/mol. The van der Waals surface area contributed by atoms with Gasteiger partial charge in [-0.1, -0.05) is 0 Å². The van der Waals surface area contributed by atoms with E-state index in [1.807, 2.05) is 0 Å². The van der Waals surface area contributed by atoms with Crippen molar-refractivity contribution in [3.63, 3.8) is 0 Å². The zero-order valence-corrected chi connectivity index (χ0v) is 13.2. The monoisotopic (exact) mass is 327 g/mol. The average Bonchev–Trinajstić information content (AvgIpc) is 2.80. The molecule has 0 saturated carbocycles. The maximum absolute atomic E-state index is 13.4. The molecule has 126 valence electrons. The van der Waals surface area contributed by atoms with Gasteiger partial charge in [-0.15, -0.1) is 0 Å². The van der Waals surface area contributed by atoms with Crippen molar-refractivity contribution in [1.29, 1.82) is 0 Å². The summed E-state index contributed by atoms with van der Waals surface area (Å²) in [7, 11) is 0. The van der Waals surface area contributed by atoms with Crippen LogP contribution < -0.4 is 0 Å². The Bertz CT molecular complexity index is 607. The minimum atomic E-state index is -1.12. The Kier molecular flexibility index (Phi) is 4.58. The van der Waals surface area contributed by atoms with Crippen LogP contribution in [-0.2, 0) is 9.53 Å². The van der Waals surface area contributed by atoms with E-state index >= 15 is 0 Å². The van der Waals surface area contributed by atoms with Gasteiger partial charge in [-0.05, 0) is 38.5 Å². The minimum Gasteiger partial charge on any atom is -0.481 e. The van der Waals surface area contributed by atoms with Crippen LogP contribution in [0, 0.1) is 17.6 Å². The van der Waals surface area contributed by atoms with E-state index in [9.17, 15) is 23.5 Å². The molecule has 0 bridgehead atoms. The Morgan fingerprint density at radius 2 is 1.74 bits per heavy atom. The van der Waals surface area contributed by atoms with Crippen LogP contribution in [0.3, 0.4) is 0 Å². The Labute approximate surface area is 132 Å². The molecule has 1 aromatic rings. The molecule has 23 heavy (non-hydrogen) atoms. The summed E-state index contributed by atoms with van der Waals surface area (Å²) in [6, 6.07) is 2.92. The Morgan fingerprint density at radius 1 is 1.17 bits per heavy atom. The fourth-order valence-corrected chi connectivity index (χ4v) is 2.66. The third-order valence-electron chi connectivity index (χ3n) is 3.60. The van der Waals surface area contributed by atoms with Crippen molar-refractivity contribution < 1.29 is 28.2 Å². The van der Waals surface area contributed by atoms with Gasteiger partial charge >= 0.3 is 12.1 Å². The van der Waals surface area contributed by atoms with E-state index in [2.05, 4.69) is 0 Å². The fraction of sp³-hybridized carbons (Fsp3) is 0.500. The highest BCUT2D eigenvalue weighted by Gasteiger charge is 2.42. The molecule has 2 atom stereocenters. The number of carboxylic acid groups (broad SMARTS) is 1. The van der Waals surface area contributed by atoms with Gasteiger partial charge in [-0.2, -0.15) is 0 Å². The first-order valence-corrected chi connectivity index (χ1v) is 7.23. The van der Waals surface area contributed by atoms with Crippen LogP contribution in [0.5, 0.6) is 0 Å². The largest absolute Gasteiger partial charge is 0.481 e. The molecule has 0 aliphatic carbocycles. The van der Waals surface area contributed by atoms with Gasteiger partial charge in [0.05, 0.1) is 5.92 Å². The van der Waals surface area contributed by atoms with Gasteiger partial charge in [0, 0.05) is 25.1 Å². The van der Waals surface area contributed by atoms with E-state index in [0.717, 1.165) is 18.2 Å². The first-order valence-electron chi connectivity index (χ1n) is 7.23. The lowest BCUT2D eigenvalue weighted by atomic mass is 9.89. The van der Waals surface area contributed by atoms with Gasteiger partial charge in [0.2, 0.25) is 0 Å². The normalized spacial score (nSPS) is 21.3. The molecular weight excluding hydrogens is 308 g/mol. The van der Waals surface area contributed by atoms with E-state index in [1.54, 1.807) is 20.8 Å². The second kappa shape index (κ2) is 6.14. The summed E-state index contributed by atoms with van der Waals surface area (Å²) in [4.78, 5) is 24.8. The molecule has 1 aliphatic heterocycles. The highest BCUT2D eigenvalue weighted by molar-refractivity contribution is 5.76. The third-order valence-corrected chi connectivity index (χ3v) is 3.60. The summed E-state index contributed by atoms with van der Waals surface area (Å²) in [5.74, 6) is -4.31. The average molecular weight is 327 g/mol. The number of carboxylic acids is 1. The molecule has 1 heterocycles. The molecule has 1 saturated heterocycles. The van der Waals surface area contributed by atoms with Crippen molar-refractivity contribution in [3.8, 4) is 0 Å². The number of carbonyl (C=O) groups is 2. The van der Waals surface area contributed by atoms with Gasteiger partial charge < -0.3 is 14.7 Å². The molecule has 2 unspecified atom stereocenters. The number of amides is 1. The Balaban J connectivity index is 2.25. The number of carbonyl (C=O) groups excluding carboxylic acids is 1. The number of rotatable bonds is 2. The van der Waals surface area contributed by atoms with Crippen LogP contribution in [0.4, 0.5) is 13.6 Å². The lowest BCUT2D eigenvalue weighted by Gasteiger charge is -2.24. The van der Waals surface area contributed by atoms with Crippen molar-refractivity contribution in [2.45, 2.75) is 32.3 Å². The summed E-state index contributed by atoms with van der Waals surface area (Å²) >= 11 is 0. The molecule has 1 fully saturated rings. The van der Waals surface area contributed by atoms with Crippen LogP contribution in [0.15, 0.2) is 18.2 Å². The van der Waals surface area contributed by atoms with E-state index < -0.39 is 41.1 Å². The number of likely N-dealkylation sites (tertiary alicyclic amines) is 1. The van der Waals surface area contributed by atoms with E-state index in [-0.39, 0.29) is 18.7 Å². The summed E-state index contributed by atoms with van der Waals surface area (Å²) < 4.78 is 32.0. The Hall–Kier alpha value is -2.18. The number of halogens is 2. The van der Waals surface area contributed by atoms with Crippen molar-refractivity contribution >= 4 is 12.1 Å². The molecule has 2 rings (SSSR count). The van der Waals surface area contributed by atoms with E-state index in [4.69, 9.17) is 4.74 Å². The topological polar surface area (TPSA) is 66.8 Å².